The Bertz CT molecular complexity index is 2120. The number of unbranched alkanes of at least 4 members (excludes halogenated alkanes) is 2. The second-order valence-electron chi connectivity index (χ2n) is 19.8. The summed E-state index contributed by atoms with van der Waals surface area (Å²) in [6.45, 7) is 13.5. The molecule has 4 fully saturated rings. The quantitative estimate of drug-likeness (QED) is 0.0488. The van der Waals surface area contributed by atoms with Crippen LogP contribution in [0, 0.1) is 17.3 Å². The first-order valence-electron chi connectivity index (χ1n) is 24.7. The smallest absolute Gasteiger partial charge is 0.404 e. The predicted molar refractivity (Wildman–Crippen MR) is 262 cm³/mol. The van der Waals surface area contributed by atoms with E-state index in [2.05, 4.69) is 83.9 Å². The molecule has 1 aliphatic heterocycles. The first-order valence-corrected chi connectivity index (χ1v) is 24.7. The Morgan fingerprint density at radius 1 is 0.797 bits per heavy atom. The molecular weight excluding hydrogens is 883 g/mol. The zero-order chi connectivity index (χ0) is 50.6. The van der Waals surface area contributed by atoms with E-state index in [4.69, 9.17) is 20.8 Å². The van der Waals surface area contributed by atoms with Crippen LogP contribution in [0.1, 0.15) is 129 Å². The Morgan fingerprint density at radius 2 is 1.45 bits per heavy atom. The van der Waals surface area contributed by atoms with Crippen LogP contribution in [0.3, 0.4) is 0 Å². The predicted octanol–water partition coefficient (Wildman–Crippen LogP) is 2.32. The number of carbonyl (C=O) groups excluding carboxylic acids is 7. The van der Waals surface area contributed by atoms with Gasteiger partial charge >= 0.3 is 7.12 Å². The molecule has 2 bridgehead atoms. The lowest BCUT2D eigenvalue weighted by Crippen LogP contribution is -2.65. The highest BCUT2D eigenvalue weighted by Gasteiger charge is 2.68. The van der Waals surface area contributed by atoms with Gasteiger partial charge in [0.15, 0.2) is 0 Å². The van der Waals surface area contributed by atoms with Crippen molar-refractivity contribution in [1.29, 1.82) is 0 Å². The zero-order valence-electron chi connectivity index (χ0n) is 41.4. The lowest BCUT2D eigenvalue weighted by molar-refractivity contribution is -0.199. The van der Waals surface area contributed by atoms with Gasteiger partial charge in [-0.1, -0.05) is 70.5 Å². The Labute approximate surface area is 406 Å². The lowest BCUT2D eigenvalue weighted by atomic mass is 9.43. The van der Waals surface area contributed by atoms with Crippen LogP contribution in [-0.2, 0) is 44.5 Å². The number of aliphatic hydroxyl groups is 1. The average Bonchev–Trinajstić information content (AvgIpc) is 3.68. The fourth-order valence-electron chi connectivity index (χ4n) is 9.93. The van der Waals surface area contributed by atoms with Gasteiger partial charge in [0.05, 0.1) is 30.2 Å². The summed E-state index contributed by atoms with van der Waals surface area (Å²) in [6, 6.07) is 10.1. The molecule has 18 nitrogen and oxygen atoms in total. The molecule has 378 valence electrons. The van der Waals surface area contributed by atoms with Crippen molar-refractivity contribution in [3.05, 3.63) is 59.7 Å². The highest BCUT2D eigenvalue weighted by molar-refractivity contribution is 6.48. The number of amides is 7. The van der Waals surface area contributed by atoms with Gasteiger partial charge in [-0.05, 0) is 125 Å². The van der Waals surface area contributed by atoms with Crippen molar-refractivity contribution in [2.45, 2.75) is 167 Å². The van der Waals surface area contributed by atoms with Gasteiger partial charge < -0.3 is 57.8 Å². The Kier molecular flexibility index (Phi) is 19.3. The number of primary amides is 1. The second kappa shape index (κ2) is 24.5. The van der Waals surface area contributed by atoms with Gasteiger partial charge in [-0.3, -0.25) is 33.6 Å². The number of nitrogens with two attached hydrogens (primary N) is 2. The molecule has 3 aliphatic carbocycles. The van der Waals surface area contributed by atoms with Crippen LogP contribution < -0.4 is 43.4 Å². The van der Waals surface area contributed by atoms with E-state index in [0.29, 0.717) is 43.2 Å². The number of carbonyl (C=O) groups is 7. The summed E-state index contributed by atoms with van der Waals surface area (Å²) in [6.07, 6.45) is 4.49. The second-order valence-corrected chi connectivity index (χ2v) is 19.8. The van der Waals surface area contributed by atoms with Crippen LogP contribution in [0.4, 0.5) is 0 Å². The number of rotatable bonds is 26. The molecule has 7 amide bonds. The molecule has 2 aromatic rings. The third-order valence-corrected chi connectivity index (χ3v) is 14.4. The fraction of sp³-hybridized carbons (Fsp3) is 0.620. The van der Waals surface area contributed by atoms with E-state index in [0.717, 1.165) is 43.2 Å². The monoisotopic (exact) mass is 959 g/mol. The molecule has 1 saturated heterocycles. The van der Waals surface area contributed by atoms with E-state index < -0.39 is 90.8 Å². The lowest BCUT2D eigenvalue weighted by Gasteiger charge is -2.64. The number of nitrogens with one attached hydrogen (secondary N) is 6. The molecule has 3 saturated carbocycles. The van der Waals surface area contributed by atoms with Crippen LogP contribution >= 0.6 is 0 Å². The minimum atomic E-state index is -1.57. The van der Waals surface area contributed by atoms with E-state index in [-0.39, 0.29) is 36.8 Å². The molecule has 4 aliphatic rings. The summed E-state index contributed by atoms with van der Waals surface area (Å²) >= 11 is 0. The molecule has 10 atom stereocenters. The summed E-state index contributed by atoms with van der Waals surface area (Å²) in [4.78, 5) is 92.4. The SMILES string of the molecule is CCCCc1ccc(-c2ccc(C(=O)NCCC(=O)N[C@@H](CCCCN)C(=O)N[C@H](C(=O)N[C@@H](C)C(=O)N[C@@H](CC(N)=O)C(=O)N[C@@H](CC)B3OC4C[C@@H]5C[C@@H](C5(C)C)[C@]4(C)O3)C(C)O)cc2)cc1. The van der Waals surface area contributed by atoms with E-state index in [1.165, 1.54) is 19.4 Å². The molecule has 6 rings (SSSR count). The molecule has 0 spiro atoms. The molecule has 1 heterocycles. The maximum Gasteiger partial charge on any atom is 0.481 e. The van der Waals surface area contributed by atoms with Crippen LogP contribution in [-0.4, -0.2) is 115 Å². The molecule has 0 radical (unpaired) electrons. The fourth-order valence-corrected chi connectivity index (χ4v) is 9.93. The number of hydrogen-bond acceptors (Lipinski definition) is 11. The highest BCUT2D eigenvalue weighted by atomic mass is 16.7. The van der Waals surface area contributed by atoms with Crippen molar-refractivity contribution < 1.29 is 48.0 Å². The van der Waals surface area contributed by atoms with Gasteiger partial charge in [0.1, 0.15) is 24.2 Å². The van der Waals surface area contributed by atoms with Crippen LogP contribution in [0.25, 0.3) is 11.1 Å². The van der Waals surface area contributed by atoms with Gasteiger partial charge in [-0.2, -0.15) is 0 Å². The van der Waals surface area contributed by atoms with Gasteiger partial charge in [0, 0.05) is 18.5 Å². The molecular formula is C50H75BN8O10. The summed E-state index contributed by atoms with van der Waals surface area (Å²) in [5, 5.41) is 26.3. The number of aryl methyl sites for hydroxylation is 1. The average molecular weight is 959 g/mol. The van der Waals surface area contributed by atoms with Crippen molar-refractivity contribution >= 4 is 48.5 Å². The van der Waals surface area contributed by atoms with Crippen LogP contribution in [0.5, 0.6) is 0 Å². The van der Waals surface area contributed by atoms with Crippen molar-refractivity contribution in [1.82, 2.24) is 31.9 Å². The van der Waals surface area contributed by atoms with Gasteiger partial charge in [-0.25, -0.2) is 0 Å². The minimum absolute atomic E-state index is 0.0226. The maximum atomic E-state index is 13.7. The van der Waals surface area contributed by atoms with Crippen LogP contribution in [0.15, 0.2) is 48.5 Å². The number of benzene rings is 2. The third-order valence-electron chi connectivity index (χ3n) is 14.4. The first kappa shape index (κ1) is 54.6. The molecule has 69 heavy (non-hydrogen) atoms. The van der Waals surface area contributed by atoms with E-state index >= 15 is 0 Å². The minimum Gasteiger partial charge on any atom is -0.404 e. The zero-order valence-corrected chi connectivity index (χ0v) is 41.4. The molecule has 11 N–H and O–H groups in total. The number of aliphatic hydroxyl groups excluding tert-OH is 1. The van der Waals surface area contributed by atoms with Crippen molar-refractivity contribution in [3.8, 4) is 11.1 Å². The molecule has 2 unspecified atom stereocenters. The number of hydrogen-bond donors (Lipinski definition) is 9. The first-order chi connectivity index (χ1) is 32.7. The largest absolute Gasteiger partial charge is 0.481 e. The topological polar surface area (TPSA) is 282 Å². The van der Waals surface area contributed by atoms with Crippen molar-refractivity contribution in [2.75, 3.05) is 13.1 Å². The third kappa shape index (κ3) is 13.9. The maximum absolute atomic E-state index is 13.7. The van der Waals surface area contributed by atoms with E-state index in [1.807, 2.05) is 19.1 Å². The Balaban J connectivity index is 1.11. The van der Waals surface area contributed by atoms with Gasteiger partial charge in [0.2, 0.25) is 35.4 Å². The molecule has 19 heteroatoms. The highest BCUT2D eigenvalue weighted by Crippen LogP contribution is 2.65. The molecule has 0 aromatic heterocycles. The molecule has 2 aromatic carbocycles. The van der Waals surface area contributed by atoms with Crippen molar-refractivity contribution in [2.24, 2.45) is 28.7 Å². The Morgan fingerprint density at radius 3 is 2.04 bits per heavy atom. The van der Waals surface area contributed by atoms with E-state index in [1.54, 1.807) is 12.1 Å². The normalized spacial score (nSPS) is 22.5. The summed E-state index contributed by atoms with van der Waals surface area (Å²) in [7, 11) is -0.750. The van der Waals surface area contributed by atoms with E-state index in [9.17, 15) is 38.7 Å². The Hall–Kier alpha value is -5.37. The standard InChI is InChI=1S/C50H75BN8O10/c1-8-10-13-31-15-17-32(18-16-31)33-19-21-34(22-20-33)45(64)54-25-23-42(62)56-36(14-11-12-24-52)46(65)59-43(30(4)60)48(67)55-29(3)44(63)57-37(28-41(53)61)47(66)58-40(9-2)51-68-39-27-35-26-38(49(35,5)6)50(39,7)69-51/h15-22,29-30,35-40,43,60H,8-14,23-28,52H2,1-7H3,(H2,53,61)(H,54,64)(H,55,67)(H,56,62)(H,57,63)(H,58,66)(H,59,65)/t29-,30?,35-,36-,37-,38-,39?,40-,43-,50-/m0/s1. The van der Waals surface area contributed by atoms with Gasteiger partial charge in [-0.15, -0.1) is 0 Å². The summed E-state index contributed by atoms with van der Waals surface area (Å²) < 4.78 is 12.9. The van der Waals surface area contributed by atoms with Crippen molar-refractivity contribution in [3.63, 3.8) is 0 Å². The summed E-state index contributed by atoms with van der Waals surface area (Å²) in [5.74, 6) is -4.80. The van der Waals surface area contributed by atoms with Crippen LogP contribution in [0.2, 0.25) is 0 Å². The van der Waals surface area contributed by atoms with Gasteiger partial charge in [0.25, 0.3) is 5.91 Å². The summed E-state index contributed by atoms with van der Waals surface area (Å²) in [5.41, 5.74) is 14.5.